The lowest BCUT2D eigenvalue weighted by molar-refractivity contribution is -0.139. The summed E-state index contributed by atoms with van der Waals surface area (Å²) in [4.78, 5) is 63.3. The van der Waals surface area contributed by atoms with Gasteiger partial charge in [0.1, 0.15) is 12.3 Å². The first-order valence-electron chi connectivity index (χ1n) is 12.7. The van der Waals surface area contributed by atoms with Crippen molar-refractivity contribution in [1.82, 2.24) is 10.2 Å². The van der Waals surface area contributed by atoms with Crippen molar-refractivity contribution in [2.75, 3.05) is 6.54 Å². The zero-order valence-corrected chi connectivity index (χ0v) is 24.1. The quantitative estimate of drug-likeness (QED) is 0.192. The second kappa shape index (κ2) is 12.9. The van der Waals surface area contributed by atoms with E-state index in [0.29, 0.717) is 46.5 Å². The van der Waals surface area contributed by atoms with E-state index < -0.39 is 23.8 Å². The number of nitrogens with zero attached hydrogens (tertiary/aromatic N) is 1. The molecule has 0 aliphatic carbocycles. The molecule has 1 heterocycles. The van der Waals surface area contributed by atoms with E-state index in [9.17, 15) is 29.1 Å². The third-order valence-corrected chi connectivity index (χ3v) is 7.85. The van der Waals surface area contributed by atoms with Gasteiger partial charge in [0.05, 0.1) is 21.5 Å². The zero-order chi connectivity index (χ0) is 29.8. The molecule has 8 nitrogen and oxygen atoms in total. The fraction of sp³-hybridized carbons (Fsp3) is 0.233. The number of hydrogen-bond donors (Lipinski definition) is 2. The summed E-state index contributed by atoms with van der Waals surface area (Å²) >= 11 is 19.0. The highest BCUT2D eigenvalue weighted by molar-refractivity contribution is 6.40. The highest BCUT2D eigenvalue weighted by Crippen LogP contribution is 2.35. The number of carboxylic acid groups (broad SMARTS) is 1. The van der Waals surface area contributed by atoms with Crippen molar-refractivity contribution in [2.24, 2.45) is 5.92 Å². The molecule has 2 amide bonds. The first kappa shape index (κ1) is 30.2. The van der Waals surface area contributed by atoms with Crippen LogP contribution in [-0.2, 0) is 29.0 Å². The monoisotopic (exact) mass is 614 g/mol. The zero-order valence-electron chi connectivity index (χ0n) is 21.8. The summed E-state index contributed by atoms with van der Waals surface area (Å²) in [5.74, 6) is -3.47. The number of carboxylic acids is 1. The van der Waals surface area contributed by atoms with Gasteiger partial charge in [-0.1, -0.05) is 53.0 Å². The number of halogens is 3. The van der Waals surface area contributed by atoms with E-state index in [1.54, 1.807) is 47.4 Å². The van der Waals surface area contributed by atoms with Gasteiger partial charge in [-0.2, -0.15) is 0 Å². The number of carbonyl (C=O) groups excluding carboxylic acids is 4. The Labute approximate surface area is 251 Å². The number of aldehydes is 1. The number of aliphatic carboxylic acids is 1. The summed E-state index contributed by atoms with van der Waals surface area (Å²) in [5, 5.41) is 12.9. The fourth-order valence-electron chi connectivity index (χ4n) is 4.65. The van der Waals surface area contributed by atoms with E-state index in [4.69, 9.17) is 34.8 Å². The molecule has 1 unspecified atom stereocenters. The van der Waals surface area contributed by atoms with Gasteiger partial charge in [0, 0.05) is 35.7 Å². The third-order valence-electron chi connectivity index (χ3n) is 6.88. The number of amides is 2. The van der Waals surface area contributed by atoms with Crippen LogP contribution < -0.4 is 5.32 Å². The Hall–Kier alpha value is -3.72. The van der Waals surface area contributed by atoms with Crippen molar-refractivity contribution >= 4 is 64.7 Å². The van der Waals surface area contributed by atoms with Crippen LogP contribution >= 0.6 is 34.8 Å². The van der Waals surface area contributed by atoms with Gasteiger partial charge in [-0.25, -0.2) is 4.79 Å². The Morgan fingerprint density at radius 3 is 2.39 bits per heavy atom. The molecule has 11 heteroatoms. The number of benzene rings is 3. The molecule has 0 radical (unpaired) electrons. The van der Waals surface area contributed by atoms with Crippen molar-refractivity contribution in [3.8, 4) is 0 Å². The summed E-state index contributed by atoms with van der Waals surface area (Å²) < 4.78 is 0. The van der Waals surface area contributed by atoms with Crippen LogP contribution in [0.5, 0.6) is 0 Å². The van der Waals surface area contributed by atoms with Crippen molar-refractivity contribution < 1.29 is 29.1 Å². The van der Waals surface area contributed by atoms with Gasteiger partial charge in [0.2, 0.25) is 0 Å². The molecular weight excluding hydrogens is 591 g/mol. The predicted molar refractivity (Wildman–Crippen MR) is 155 cm³/mol. The van der Waals surface area contributed by atoms with Gasteiger partial charge in [-0.05, 0) is 66.4 Å². The maximum atomic E-state index is 13.3. The maximum Gasteiger partial charge on any atom is 0.326 e. The minimum Gasteiger partial charge on any atom is -0.480 e. The highest BCUT2D eigenvalue weighted by Gasteiger charge is 2.30. The highest BCUT2D eigenvalue weighted by atomic mass is 35.5. The van der Waals surface area contributed by atoms with E-state index in [2.05, 4.69) is 5.32 Å². The first-order chi connectivity index (χ1) is 19.5. The summed E-state index contributed by atoms with van der Waals surface area (Å²) in [6.45, 7) is 2.06. The third kappa shape index (κ3) is 6.78. The minimum atomic E-state index is -1.35. The number of hydrogen-bond acceptors (Lipinski definition) is 5. The molecule has 0 fully saturated rings. The van der Waals surface area contributed by atoms with Crippen LogP contribution in [0, 0.1) is 5.92 Å². The number of ketones is 1. The van der Waals surface area contributed by atoms with Gasteiger partial charge < -0.3 is 20.1 Å². The van der Waals surface area contributed by atoms with Crippen molar-refractivity contribution in [3.05, 3.63) is 103 Å². The van der Waals surface area contributed by atoms with Gasteiger partial charge >= 0.3 is 5.97 Å². The Balaban J connectivity index is 1.52. The molecule has 3 aromatic rings. The van der Waals surface area contributed by atoms with E-state index in [1.165, 1.54) is 19.1 Å². The predicted octanol–water partition coefficient (Wildman–Crippen LogP) is 5.29. The standard InChI is InChI=1S/C30H25Cl3N2O6/c1-16(15-36)27(37)19-4-2-3-17(11-19)12-24(30(40)41)34-28(38)25-23(32)13-20-14-35(10-9-22(20)26(25)33)29(39)18-5-7-21(31)8-6-18/h2-8,11,13,15-16,24H,9-10,12,14H2,1H3,(H,34,38)(H,40,41)/t16?,24-/m0/s1. The van der Waals surface area contributed by atoms with Crippen LogP contribution in [0.2, 0.25) is 15.1 Å². The Morgan fingerprint density at radius 1 is 1.02 bits per heavy atom. The molecule has 0 aromatic heterocycles. The number of carbonyl (C=O) groups is 5. The molecule has 41 heavy (non-hydrogen) atoms. The van der Waals surface area contributed by atoms with Crippen LogP contribution in [0.3, 0.4) is 0 Å². The molecule has 212 valence electrons. The Kier molecular flexibility index (Phi) is 9.48. The largest absolute Gasteiger partial charge is 0.480 e. The SMILES string of the molecule is CC(C=O)C(=O)c1cccc(C[C@H](NC(=O)c2c(Cl)cc3c(c2Cl)CCN(C(=O)c2ccc(Cl)cc2)C3)C(=O)O)c1. The molecule has 1 aliphatic heterocycles. The van der Waals surface area contributed by atoms with Crippen LogP contribution in [-0.4, -0.2) is 52.4 Å². The van der Waals surface area contributed by atoms with E-state index >= 15 is 0 Å². The molecule has 0 spiro atoms. The molecular formula is C30H25Cl3N2O6. The molecule has 0 bridgehead atoms. The van der Waals surface area contributed by atoms with Gasteiger partial charge in [0.25, 0.3) is 11.8 Å². The lowest BCUT2D eigenvalue weighted by atomic mass is 9.95. The molecule has 2 atom stereocenters. The van der Waals surface area contributed by atoms with Crippen LogP contribution in [0.1, 0.15) is 54.7 Å². The number of nitrogens with one attached hydrogen (secondary N) is 1. The molecule has 4 rings (SSSR count). The van der Waals surface area contributed by atoms with E-state index in [-0.39, 0.29) is 45.8 Å². The maximum absolute atomic E-state index is 13.3. The average Bonchev–Trinajstić information content (AvgIpc) is 2.95. The Bertz CT molecular complexity index is 1540. The van der Waals surface area contributed by atoms with Gasteiger partial charge in [-0.15, -0.1) is 0 Å². The van der Waals surface area contributed by atoms with Crippen molar-refractivity contribution in [1.29, 1.82) is 0 Å². The second-order valence-corrected chi connectivity index (χ2v) is 10.9. The van der Waals surface area contributed by atoms with E-state index in [1.807, 2.05) is 0 Å². The second-order valence-electron chi connectivity index (χ2n) is 9.73. The topological polar surface area (TPSA) is 121 Å². The summed E-state index contributed by atoms with van der Waals surface area (Å²) in [6, 6.07) is 13.0. The minimum absolute atomic E-state index is 0.0200. The van der Waals surface area contributed by atoms with Crippen LogP contribution in [0.15, 0.2) is 54.6 Å². The molecule has 0 saturated carbocycles. The summed E-state index contributed by atoms with van der Waals surface area (Å²) in [7, 11) is 0. The molecule has 0 saturated heterocycles. The molecule has 1 aliphatic rings. The lowest BCUT2D eigenvalue weighted by Gasteiger charge is -2.30. The number of fused-ring (bicyclic) bond motifs is 1. The van der Waals surface area contributed by atoms with Gasteiger partial charge in [-0.3, -0.25) is 14.4 Å². The number of Topliss-reactive ketones (excluding diaryl/α,β-unsaturated/α-hetero) is 1. The smallest absolute Gasteiger partial charge is 0.326 e. The van der Waals surface area contributed by atoms with Gasteiger partial charge in [0.15, 0.2) is 5.78 Å². The summed E-state index contributed by atoms with van der Waals surface area (Å²) in [5.41, 5.74) is 2.52. The Morgan fingerprint density at radius 2 is 1.73 bits per heavy atom. The fourth-order valence-corrected chi connectivity index (χ4v) is 5.54. The van der Waals surface area contributed by atoms with Crippen molar-refractivity contribution in [2.45, 2.75) is 32.4 Å². The normalized spacial score (nSPS) is 14.0. The lowest BCUT2D eigenvalue weighted by Crippen LogP contribution is -2.42. The molecule has 2 N–H and O–H groups in total. The molecule has 3 aromatic carbocycles. The summed E-state index contributed by atoms with van der Waals surface area (Å²) in [6.07, 6.45) is 0.781. The van der Waals surface area contributed by atoms with Crippen LogP contribution in [0.25, 0.3) is 0 Å². The average molecular weight is 616 g/mol. The number of rotatable bonds is 9. The van der Waals surface area contributed by atoms with E-state index in [0.717, 1.165) is 0 Å². The van der Waals surface area contributed by atoms with Crippen LogP contribution in [0.4, 0.5) is 0 Å². The first-order valence-corrected chi connectivity index (χ1v) is 13.8. The van der Waals surface area contributed by atoms with Crippen molar-refractivity contribution in [3.63, 3.8) is 0 Å².